The summed E-state index contributed by atoms with van der Waals surface area (Å²) in [7, 11) is 4.95. The van der Waals surface area contributed by atoms with Gasteiger partial charge in [-0.3, -0.25) is 14.5 Å². The van der Waals surface area contributed by atoms with E-state index >= 15 is 0 Å². The number of benzene rings is 1. The first kappa shape index (κ1) is 19.1. The maximum Gasteiger partial charge on any atom is 0.236 e. The van der Waals surface area contributed by atoms with Crippen molar-refractivity contribution in [3.63, 3.8) is 0 Å². The molecular formula is C18H27N3O4. The number of methoxy groups -OCH3 is 2. The van der Waals surface area contributed by atoms with Crippen LogP contribution in [0.15, 0.2) is 18.2 Å². The molecule has 0 unspecified atom stereocenters. The zero-order valence-corrected chi connectivity index (χ0v) is 15.2. The fraction of sp³-hybridized carbons (Fsp3) is 0.556. The molecule has 25 heavy (non-hydrogen) atoms. The molecule has 138 valence electrons. The number of amides is 2. The van der Waals surface area contributed by atoms with Gasteiger partial charge in [-0.05, 0) is 37.1 Å². The van der Waals surface area contributed by atoms with Crippen LogP contribution in [0.5, 0.6) is 11.5 Å². The molecule has 1 aromatic carbocycles. The molecule has 1 heterocycles. The molecule has 1 saturated heterocycles. The maximum absolute atomic E-state index is 12.5. The normalized spacial score (nSPS) is 17.8. The third-order valence-electron chi connectivity index (χ3n) is 4.56. The number of likely N-dealkylation sites (N-methyl/N-ethyl adjacent to an activating group) is 1. The van der Waals surface area contributed by atoms with E-state index in [2.05, 4.69) is 0 Å². The maximum atomic E-state index is 12.5. The summed E-state index contributed by atoms with van der Waals surface area (Å²) in [6.07, 6.45) is 1.70. The average molecular weight is 349 g/mol. The highest BCUT2D eigenvalue weighted by Gasteiger charge is 2.25. The number of nitrogens with two attached hydrogens (primary N) is 1. The molecule has 7 nitrogen and oxygen atoms in total. The van der Waals surface area contributed by atoms with E-state index in [4.69, 9.17) is 15.2 Å². The number of carbonyl (C=O) groups excluding carboxylic acids is 2. The minimum Gasteiger partial charge on any atom is -0.493 e. The van der Waals surface area contributed by atoms with E-state index in [1.165, 1.54) is 0 Å². The van der Waals surface area contributed by atoms with Gasteiger partial charge in [0.1, 0.15) is 0 Å². The van der Waals surface area contributed by atoms with Crippen LogP contribution in [0.2, 0.25) is 0 Å². The Morgan fingerprint density at radius 2 is 2.00 bits per heavy atom. The third kappa shape index (κ3) is 5.09. The molecule has 1 fully saturated rings. The van der Waals surface area contributed by atoms with E-state index in [0.717, 1.165) is 24.9 Å². The molecule has 1 atom stereocenters. The Bertz CT molecular complexity index is 620. The summed E-state index contributed by atoms with van der Waals surface area (Å²) in [6, 6.07) is 5.61. The number of primary amides is 1. The van der Waals surface area contributed by atoms with Gasteiger partial charge < -0.3 is 20.1 Å². The smallest absolute Gasteiger partial charge is 0.236 e. The number of rotatable bonds is 7. The van der Waals surface area contributed by atoms with Gasteiger partial charge in [0.25, 0.3) is 0 Å². The van der Waals surface area contributed by atoms with Crippen LogP contribution >= 0.6 is 0 Å². The lowest BCUT2D eigenvalue weighted by atomic mass is 9.97. The largest absolute Gasteiger partial charge is 0.493 e. The molecule has 7 heteroatoms. The number of ether oxygens (including phenoxy) is 2. The Morgan fingerprint density at radius 3 is 2.64 bits per heavy atom. The molecule has 0 saturated carbocycles. The van der Waals surface area contributed by atoms with Crippen molar-refractivity contribution in [3.05, 3.63) is 23.8 Å². The number of piperidine rings is 1. The number of hydrogen-bond donors (Lipinski definition) is 1. The Morgan fingerprint density at radius 1 is 1.28 bits per heavy atom. The fourth-order valence-electron chi connectivity index (χ4n) is 3.08. The summed E-state index contributed by atoms with van der Waals surface area (Å²) in [5.41, 5.74) is 6.35. The van der Waals surface area contributed by atoms with Crippen LogP contribution in [0.25, 0.3) is 0 Å². The first-order valence-corrected chi connectivity index (χ1v) is 8.41. The molecule has 0 spiro atoms. The van der Waals surface area contributed by atoms with Gasteiger partial charge in [-0.15, -0.1) is 0 Å². The second-order valence-corrected chi connectivity index (χ2v) is 6.42. The van der Waals surface area contributed by atoms with Crippen LogP contribution in [0.4, 0.5) is 0 Å². The van der Waals surface area contributed by atoms with Crippen LogP contribution in [0, 0.1) is 5.92 Å². The van der Waals surface area contributed by atoms with E-state index in [1.54, 1.807) is 26.2 Å². The standard InChI is InChI=1S/C18H27N3O4/c1-20(10-13-6-7-15(24-2)16(9-13)25-3)17(22)12-21-8-4-5-14(11-21)18(19)23/h6-7,9,14H,4-5,8,10-12H2,1-3H3,(H2,19,23)/t14-/m1/s1. The van der Waals surface area contributed by atoms with E-state index in [-0.39, 0.29) is 17.7 Å². The van der Waals surface area contributed by atoms with E-state index in [1.807, 2.05) is 23.1 Å². The molecule has 0 radical (unpaired) electrons. The molecule has 1 aromatic rings. The Labute approximate surface area is 148 Å². The van der Waals surface area contributed by atoms with E-state index in [9.17, 15) is 9.59 Å². The Hall–Kier alpha value is -2.28. The molecule has 0 aliphatic carbocycles. The lowest BCUT2D eigenvalue weighted by Crippen LogP contribution is -2.45. The quantitative estimate of drug-likeness (QED) is 0.789. The van der Waals surface area contributed by atoms with Crippen LogP contribution in [-0.2, 0) is 16.1 Å². The van der Waals surface area contributed by atoms with Gasteiger partial charge in [0.2, 0.25) is 11.8 Å². The SMILES string of the molecule is COc1ccc(CN(C)C(=O)CN2CCC[C@@H](C(N)=O)C2)cc1OC. The number of nitrogens with zero attached hydrogens (tertiary/aromatic N) is 2. The molecule has 2 N–H and O–H groups in total. The first-order valence-electron chi connectivity index (χ1n) is 8.41. The highest BCUT2D eigenvalue weighted by molar-refractivity contribution is 5.79. The van der Waals surface area contributed by atoms with Gasteiger partial charge in [0, 0.05) is 20.1 Å². The molecule has 0 aromatic heterocycles. The van der Waals surface area contributed by atoms with Crippen molar-refractivity contribution in [3.8, 4) is 11.5 Å². The summed E-state index contributed by atoms with van der Waals surface area (Å²) in [5.74, 6) is 0.876. The molecule has 1 aliphatic heterocycles. The number of carbonyl (C=O) groups is 2. The monoisotopic (exact) mass is 349 g/mol. The number of hydrogen-bond acceptors (Lipinski definition) is 5. The third-order valence-corrected chi connectivity index (χ3v) is 4.56. The minimum atomic E-state index is -0.282. The lowest BCUT2D eigenvalue weighted by molar-refractivity contribution is -0.133. The summed E-state index contributed by atoms with van der Waals surface area (Å²) in [6.45, 7) is 2.16. The van der Waals surface area contributed by atoms with Gasteiger partial charge >= 0.3 is 0 Å². The van der Waals surface area contributed by atoms with Crippen LogP contribution in [0.1, 0.15) is 18.4 Å². The minimum absolute atomic E-state index is 0.0138. The van der Waals surface area contributed by atoms with Crippen molar-refractivity contribution < 1.29 is 19.1 Å². The van der Waals surface area contributed by atoms with Crippen molar-refractivity contribution in [1.82, 2.24) is 9.80 Å². The van der Waals surface area contributed by atoms with Gasteiger partial charge in [0.15, 0.2) is 11.5 Å². The zero-order chi connectivity index (χ0) is 18.4. The predicted molar refractivity (Wildman–Crippen MR) is 94.4 cm³/mol. The second kappa shape index (κ2) is 8.71. The van der Waals surface area contributed by atoms with Crippen molar-refractivity contribution in [2.24, 2.45) is 11.7 Å². The lowest BCUT2D eigenvalue weighted by Gasteiger charge is -2.31. The van der Waals surface area contributed by atoms with Crippen LogP contribution in [0.3, 0.4) is 0 Å². The Balaban J connectivity index is 1.93. The molecule has 2 rings (SSSR count). The topological polar surface area (TPSA) is 85.1 Å². The Kier molecular flexibility index (Phi) is 6.64. The molecular weight excluding hydrogens is 322 g/mol. The van der Waals surface area contributed by atoms with Crippen molar-refractivity contribution >= 4 is 11.8 Å². The van der Waals surface area contributed by atoms with Gasteiger partial charge in [-0.1, -0.05) is 6.07 Å². The predicted octanol–water partition coefficient (Wildman–Crippen LogP) is 0.860. The van der Waals surface area contributed by atoms with Gasteiger partial charge in [-0.25, -0.2) is 0 Å². The van der Waals surface area contributed by atoms with Crippen LogP contribution < -0.4 is 15.2 Å². The zero-order valence-electron chi connectivity index (χ0n) is 15.2. The van der Waals surface area contributed by atoms with E-state index < -0.39 is 0 Å². The van der Waals surface area contributed by atoms with Gasteiger partial charge in [0.05, 0.1) is 26.7 Å². The van der Waals surface area contributed by atoms with Crippen molar-refractivity contribution in [2.45, 2.75) is 19.4 Å². The summed E-state index contributed by atoms with van der Waals surface area (Å²) in [5, 5.41) is 0. The highest BCUT2D eigenvalue weighted by atomic mass is 16.5. The molecule has 1 aliphatic rings. The van der Waals surface area contributed by atoms with Gasteiger partial charge in [-0.2, -0.15) is 0 Å². The van der Waals surface area contributed by atoms with Crippen molar-refractivity contribution in [2.75, 3.05) is 40.9 Å². The second-order valence-electron chi connectivity index (χ2n) is 6.42. The summed E-state index contributed by atoms with van der Waals surface area (Å²) < 4.78 is 10.5. The fourth-order valence-corrected chi connectivity index (χ4v) is 3.08. The molecule has 0 bridgehead atoms. The molecule has 2 amide bonds. The first-order chi connectivity index (χ1) is 11.9. The number of likely N-dealkylation sites (tertiary alicyclic amines) is 1. The summed E-state index contributed by atoms with van der Waals surface area (Å²) in [4.78, 5) is 27.5. The average Bonchev–Trinajstić information content (AvgIpc) is 2.61. The van der Waals surface area contributed by atoms with E-state index in [0.29, 0.717) is 31.1 Å². The highest BCUT2D eigenvalue weighted by Crippen LogP contribution is 2.28. The van der Waals surface area contributed by atoms with Crippen LogP contribution in [-0.4, -0.2) is 62.5 Å². The summed E-state index contributed by atoms with van der Waals surface area (Å²) >= 11 is 0. The van der Waals surface area contributed by atoms with Crippen molar-refractivity contribution in [1.29, 1.82) is 0 Å².